The fourth-order valence-electron chi connectivity index (χ4n) is 1.86. The van der Waals surface area contributed by atoms with Crippen LogP contribution in [0.3, 0.4) is 0 Å². The third-order valence-corrected chi connectivity index (χ3v) is 3.07. The molecule has 2 amide bonds. The minimum Gasteiger partial charge on any atom is -0.308 e. The van der Waals surface area contributed by atoms with Gasteiger partial charge in [0.1, 0.15) is 5.56 Å². The van der Waals surface area contributed by atoms with Crippen molar-refractivity contribution in [3.63, 3.8) is 0 Å². The van der Waals surface area contributed by atoms with Gasteiger partial charge in [0.15, 0.2) is 0 Å². The first-order chi connectivity index (χ1) is 11.2. The summed E-state index contributed by atoms with van der Waals surface area (Å²) in [7, 11) is 0. The Morgan fingerprint density at radius 2 is 1.71 bits per heavy atom. The lowest BCUT2D eigenvalue weighted by Crippen LogP contribution is -2.20. The molecule has 0 saturated heterocycles. The second-order valence-corrected chi connectivity index (χ2v) is 5.01. The molecular formula is C14H9ClF3N3O3. The summed E-state index contributed by atoms with van der Waals surface area (Å²) < 4.78 is 38.6. The van der Waals surface area contributed by atoms with Gasteiger partial charge in [-0.1, -0.05) is 17.7 Å². The van der Waals surface area contributed by atoms with Crippen molar-refractivity contribution in [2.45, 2.75) is 6.18 Å². The van der Waals surface area contributed by atoms with Gasteiger partial charge in [0.2, 0.25) is 0 Å². The third-order valence-electron chi connectivity index (χ3n) is 2.84. The third kappa shape index (κ3) is 4.35. The molecule has 2 aromatic carbocycles. The van der Waals surface area contributed by atoms with Gasteiger partial charge in [0.25, 0.3) is 5.69 Å². The Labute approximate surface area is 138 Å². The molecule has 0 aromatic heterocycles. The molecule has 0 heterocycles. The zero-order chi connectivity index (χ0) is 17.9. The van der Waals surface area contributed by atoms with Crippen LogP contribution >= 0.6 is 11.6 Å². The van der Waals surface area contributed by atoms with Gasteiger partial charge in [-0.15, -0.1) is 0 Å². The van der Waals surface area contributed by atoms with E-state index in [4.69, 9.17) is 11.6 Å². The molecule has 0 aliphatic heterocycles. The predicted molar refractivity (Wildman–Crippen MR) is 82.2 cm³/mol. The molecule has 0 saturated carbocycles. The number of rotatable bonds is 3. The molecule has 2 rings (SSSR count). The highest BCUT2D eigenvalue weighted by molar-refractivity contribution is 6.30. The summed E-state index contributed by atoms with van der Waals surface area (Å²) in [5.41, 5.74) is -2.46. The minimum atomic E-state index is -4.93. The van der Waals surface area contributed by atoms with Crippen LogP contribution in [-0.2, 0) is 6.18 Å². The highest BCUT2D eigenvalue weighted by atomic mass is 35.5. The first-order valence-corrected chi connectivity index (χ1v) is 6.74. The molecule has 2 aromatic rings. The molecule has 0 fully saturated rings. The van der Waals surface area contributed by atoms with Crippen LogP contribution in [0.1, 0.15) is 5.56 Å². The van der Waals surface area contributed by atoms with Crippen molar-refractivity contribution in [1.29, 1.82) is 0 Å². The largest absolute Gasteiger partial charge is 0.423 e. The lowest BCUT2D eigenvalue weighted by Gasteiger charge is -2.11. The molecule has 0 bridgehead atoms. The summed E-state index contributed by atoms with van der Waals surface area (Å²) in [4.78, 5) is 21.3. The number of hydrogen-bond donors (Lipinski definition) is 2. The molecule has 2 N–H and O–H groups in total. The van der Waals surface area contributed by atoms with E-state index >= 15 is 0 Å². The summed E-state index contributed by atoms with van der Waals surface area (Å²) in [6.45, 7) is 0. The van der Waals surface area contributed by atoms with E-state index in [-0.39, 0.29) is 5.69 Å². The first kappa shape index (κ1) is 17.5. The van der Waals surface area contributed by atoms with E-state index in [1.54, 1.807) is 12.1 Å². The Bertz CT molecular complexity index is 796. The fraction of sp³-hybridized carbons (Fsp3) is 0.0714. The second kappa shape index (κ2) is 6.75. The average molecular weight is 360 g/mol. The van der Waals surface area contributed by atoms with Crippen molar-refractivity contribution in [2.75, 3.05) is 10.6 Å². The van der Waals surface area contributed by atoms with Gasteiger partial charge in [0, 0.05) is 22.5 Å². The zero-order valence-electron chi connectivity index (χ0n) is 11.7. The second-order valence-electron chi connectivity index (χ2n) is 4.58. The van der Waals surface area contributed by atoms with Crippen LogP contribution in [0.15, 0.2) is 42.5 Å². The summed E-state index contributed by atoms with van der Waals surface area (Å²) in [5, 5.41) is 15.6. The Morgan fingerprint density at radius 1 is 1.08 bits per heavy atom. The maximum absolute atomic E-state index is 12.9. The molecule has 6 nitrogen and oxygen atoms in total. The lowest BCUT2D eigenvalue weighted by molar-refractivity contribution is -0.388. The smallest absolute Gasteiger partial charge is 0.308 e. The maximum Gasteiger partial charge on any atom is 0.423 e. The number of nitro benzene ring substituents is 1. The maximum atomic E-state index is 12.9. The van der Waals surface area contributed by atoms with Crippen molar-refractivity contribution < 1.29 is 22.9 Å². The molecule has 10 heteroatoms. The van der Waals surface area contributed by atoms with Crippen molar-refractivity contribution in [3.8, 4) is 0 Å². The minimum absolute atomic E-state index is 0.243. The summed E-state index contributed by atoms with van der Waals surface area (Å²) in [6, 6.07) is 7.49. The highest BCUT2D eigenvalue weighted by Gasteiger charge is 2.38. The van der Waals surface area contributed by atoms with Gasteiger partial charge in [-0.05, 0) is 30.3 Å². The Balaban J connectivity index is 2.20. The lowest BCUT2D eigenvalue weighted by atomic mass is 10.1. The van der Waals surface area contributed by atoms with Crippen LogP contribution in [0.4, 0.5) is 35.0 Å². The summed E-state index contributed by atoms with van der Waals surface area (Å²) >= 11 is 5.75. The van der Waals surface area contributed by atoms with Crippen molar-refractivity contribution in [1.82, 2.24) is 0 Å². The summed E-state index contributed by atoms with van der Waals surface area (Å²) in [5.74, 6) is 0. The molecule has 0 radical (unpaired) electrons. The topological polar surface area (TPSA) is 84.3 Å². The van der Waals surface area contributed by atoms with E-state index in [1.165, 1.54) is 12.1 Å². The van der Waals surface area contributed by atoms with Crippen molar-refractivity contribution in [3.05, 3.63) is 63.2 Å². The SMILES string of the molecule is O=C(Nc1cccc(Cl)c1)Nc1ccc([N+](=O)[O-])c(C(F)(F)F)c1. The molecule has 0 aliphatic rings. The number of carbonyl (C=O) groups excluding carboxylic acids is 1. The van der Waals surface area contributed by atoms with Gasteiger partial charge in [0.05, 0.1) is 4.92 Å². The van der Waals surface area contributed by atoms with E-state index in [2.05, 4.69) is 10.6 Å². The molecule has 0 aliphatic carbocycles. The van der Waals surface area contributed by atoms with E-state index < -0.39 is 28.4 Å². The fourth-order valence-corrected chi connectivity index (χ4v) is 2.05. The monoisotopic (exact) mass is 359 g/mol. The molecule has 0 unspecified atom stereocenters. The number of alkyl halides is 3. The van der Waals surface area contributed by atoms with Crippen molar-refractivity contribution >= 4 is 34.7 Å². The zero-order valence-corrected chi connectivity index (χ0v) is 12.5. The van der Waals surface area contributed by atoms with Crippen molar-refractivity contribution in [2.24, 2.45) is 0 Å². The molecule has 0 spiro atoms. The van der Waals surface area contributed by atoms with Crippen LogP contribution in [0, 0.1) is 10.1 Å². The predicted octanol–water partition coefficient (Wildman–Crippen LogP) is 4.91. The quantitative estimate of drug-likeness (QED) is 0.603. The number of halogens is 4. The Morgan fingerprint density at radius 3 is 2.25 bits per heavy atom. The normalized spacial score (nSPS) is 11.0. The van der Waals surface area contributed by atoms with Gasteiger partial charge >= 0.3 is 12.2 Å². The van der Waals surface area contributed by atoms with Gasteiger partial charge in [-0.25, -0.2) is 4.79 Å². The Hall–Kier alpha value is -2.81. The first-order valence-electron chi connectivity index (χ1n) is 6.36. The van der Waals surface area contributed by atoms with Gasteiger partial charge in [-0.3, -0.25) is 10.1 Å². The van der Waals surface area contributed by atoms with Crippen LogP contribution in [-0.4, -0.2) is 11.0 Å². The van der Waals surface area contributed by atoms with Gasteiger partial charge in [-0.2, -0.15) is 13.2 Å². The standard InChI is InChI=1S/C14H9ClF3N3O3/c15-8-2-1-3-9(6-8)19-13(22)20-10-4-5-12(21(23)24)11(7-10)14(16,17)18/h1-7H,(H2,19,20,22). The van der Waals surface area contributed by atoms with E-state index in [9.17, 15) is 28.1 Å². The molecule has 24 heavy (non-hydrogen) atoms. The number of anilines is 2. The molecule has 0 atom stereocenters. The number of amides is 2. The number of hydrogen-bond acceptors (Lipinski definition) is 3. The molecular weight excluding hydrogens is 351 g/mol. The van der Waals surface area contributed by atoms with E-state index in [1.807, 2.05) is 0 Å². The number of urea groups is 1. The molecule has 126 valence electrons. The average Bonchev–Trinajstić information content (AvgIpc) is 2.45. The number of nitrogens with one attached hydrogen (secondary N) is 2. The number of nitro groups is 1. The van der Waals surface area contributed by atoms with Crippen LogP contribution in [0.2, 0.25) is 5.02 Å². The van der Waals surface area contributed by atoms with Crippen LogP contribution in [0.25, 0.3) is 0 Å². The number of nitrogens with zero attached hydrogens (tertiary/aromatic N) is 1. The number of carbonyl (C=O) groups is 1. The van der Waals surface area contributed by atoms with E-state index in [0.29, 0.717) is 22.8 Å². The highest BCUT2D eigenvalue weighted by Crippen LogP contribution is 2.37. The Kier molecular flexibility index (Phi) is 4.93. The van der Waals surface area contributed by atoms with E-state index in [0.717, 1.165) is 6.07 Å². The number of benzene rings is 2. The van der Waals surface area contributed by atoms with Crippen LogP contribution < -0.4 is 10.6 Å². The van der Waals surface area contributed by atoms with Crippen LogP contribution in [0.5, 0.6) is 0 Å². The summed E-state index contributed by atoms with van der Waals surface area (Å²) in [6.07, 6.45) is -4.93. The van der Waals surface area contributed by atoms with Gasteiger partial charge < -0.3 is 10.6 Å².